The lowest BCUT2D eigenvalue weighted by atomic mass is 10.2. The van der Waals surface area contributed by atoms with E-state index in [9.17, 15) is 4.79 Å². The van der Waals surface area contributed by atoms with Crippen molar-refractivity contribution in [3.8, 4) is 11.3 Å². The summed E-state index contributed by atoms with van der Waals surface area (Å²) in [7, 11) is 0. The smallest absolute Gasteiger partial charge is 0.367 e. The summed E-state index contributed by atoms with van der Waals surface area (Å²) >= 11 is 1.35. The number of ether oxygens (including phenoxy) is 1. The second-order valence-corrected chi connectivity index (χ2v) is 4.58. The SMILES string of the molecule is CCOC(=O)c1nc(-c2ccncc2)c(C)s1. The highest BCUT2D eigenvalue weighted by Gasteiger charge is 2.16. The number of esters is 1. The first-order valence-electron chi connectivity index (χ1n) is 5.27. The van der Waals surface area contributed by atoms with Gasteiger partial charge in [-0.1, -0.05) is 0 Å². The number of hydrogen-bond donors (Lipinski definition) is 0. The van der Waals surface area contributed by atoms with E-state index in [0.717, 1.165) is 16.1 Å². The number of hydrogen-bond acceptors (Lipinski definition) is 5. The normalized spacial score (nSPS) is 10.2. The minimum Gasteiger partial charge on any atom is -0.461 e. The Labute approximate surface area is 103 Å². The standard InChI is InChI=1S/C12H12N2O2S/c1-3-16-12(15)11-14-10(8(2)17-11)9-4-6-13-7-5-9/h4-7H,3H2,1-2H3. The zero-order valence-corrected chi connectivity index (χ0v) is 10.5. The molecule has 2 aromatic rings. The molecule has 0 amide bonds. The second kappa shape index (κ2) is 5.05. The third kappa shape index (κ3) is 2.50. The van der Waals surface area contributed by atoms with Crippen molar-refractivity contribution in [1.82, 2.24) is 9.97 Å². The predicted molar refractivity (Wildman–Crippen MR) is 66.0 cm³/mol. The van der Waals surface area contributed by atoms with Crippen LogP contribution in [0, 0.1) is 6.92 Å². The maximum absolute atomic E-state index is 11.6. The Morgan fingerprint density at radius 3 is 2.76 bits per heavy atom. The zero-order valence-electron chi connectivity index (χ0n) is 9.64. The molecule has 0 aliphatic rings. The van der Waals surface area contributed by atoms with Gasteiger partial charge in [0, 0.05) is 22.8 Å². The van der Waals surface area contributed by atoms with Crippen LogP contribution in [0.5, 0.6) is 0 Å². The summed E-state index contributed by atoms with van der Waals surface area (Å²) in [5.74, 6) is -0.360. The van der Waals surface area contributed by atoms with Crippen molar-refractivity contribution in [2.75, 3.05) is 6.61 Å². The average Bonchev–Trinajstić information content (AvgIpc) is 2.73. The molecule has 0 aliphatic carbocycles. The fraction of sp³-hybridized carbons (Fsp3) is 0.250. The summed E-state index contributed by atoms with van der Waals surface area (Å²) < 4.78 is 4.93. The summed E-state index contributed by atoms with van der Waals surface area (Å²) in [6, 6.07) is 3.74. The monoisotopic (exact) mass is 248 g/mol. The van der Waals surface area contributed by atoms with Gasteiger partial charge in [-0.15, -0.1) is 11.3 Å². The van der Waals surface area contributed by atoms with E-state index < -0.39 is 0 Å². The van der Waals surface area contributed by atoms with E-state index in [0.29, 0.717) is 11.6 Å². The van der Waals surface area contributed by atoms with Crippen LogP contribution in [0.1, 0.15) is 21.6 Å². The van der Waals surface area contributed by atoms with Crippen molar-refractivity contribution in [3.05, 3.63) is 34.4 Å². The van der Waals surface area contributed by atoms with Crippen LogP contribution in [0.3, 0.4) is 0 Å². The highest BCUT2D eigenvalue weighted by Crippen LogP contribution is 2.27. The van der Waals surface area contributed by atoms with Crippen LogP contribution in [0.4, 0.5) is 0 Å². The molecule has 0 bridgehead atoms. The summed E-state index contributed by atoms with van der Waals surface area (Å²) in [4.78, 5) is 20.8. The molecule has 88 valence electrons. The number of nitrogens with zero attached hydrogens (tertiary/aromatic N) is 2. The minimum atomic E-state index is -0.360. The van der Waals surface area contributed by atoms with E-state index in [4.69, 9.17) is 4.74 Å². The Bertz CT molecular complexity index is 523. The largest absolute Gasteiger partial charge is 0.461 e. The molecule has 0 aromatic carbocycles. The van der Waals surface area contributed by atoms with Gasteiger partial charge in [0.2, 0.25) is 5.01 Å². The Hall–Kier alpha value is -1.75. The number of carbonyl (C=O) groups excluding carboxylic acids is 1. The van der Waals surface area contributed by atoms with E-state index in [1.807, 2.05) is 19.1 Å². The lowest BCUT2D eigenvalue weighted by molar-refractivity contribution is 0.0526. The summed E-state index contributed by atoms with van der Waals surface area (Å²) in [5, 5.41) is 0.399. The number of pyridine rings is 1. The molecule has 4 nitrogen and oxygen atoms in total. The fourth-order valence-corrected chi connectivity index (χ4v) is 2.28. The van der Waals surface area contributed by atoms with Crippen LogP contribution in [-0.4, -0.2) is 22.5 Å². The third-order valence-corrected chi connectivity index (χ3v) is 3.15. The van der Waals surface area contributed by atoms with E-state index in [1.54, 1.807) is 19.3 Å². The molecule has 0 N–H and O–H groups in total. The first-order valence-corrected chi connectivity index (χ1v) is 6.09. The number of carbonyl (C=O) groups is 1. The van der Waals surface area contributed by atoms with Crippen LogP contribution in [-0.2, 0) is 4.74 Å². The molecule has 0 saturated heterocycles. The van der Waals surface area contributed by atoms with Gasteiger partial charge >= 0.3 is 5.97 Å². The van der Waals surface area contributed by atoms with E-state index in [2.05, 4.69) is 9.97 Å². The van der Waals surface area contributed by atoms with Gasteiger partial charge in [0.25, 0.3) is 0 Å². The van der Waals surface area contributed by atoms with Crippen LogP contribution >= 0.6 is 11.3 Å². The molecule has 0 fully saturated rings. The molecule has 17 heavy (non-hydrogen) atoms. The second-order valence-electron chi connectivity index (χ2n) is 3.38. The molecule has 2 heterocycles. The van der Waals surface area contributed by atoms with Gasteiger partial charge in [-0.05, 0) is 26.0 Å². The molecule has 2 rings (SSSR count). The highest BCUT2D eigenvalue weighted by molar-refractivity contribution is 7.13. The Kier molecular flexibility index (Phi) is 3.49. The van der Waals surface area contributed by atoms with Gasteiger partial charge in [0.05, 0.1) is 12.3 Å². The van der Waals surface area contributed by atoms with Crippen molar-refractivity contribution in [2.45, 2.75) is 13.8 Å². The van der Waals surface area contributed by atoms with Gasteiger partial charge in [-0.25, -0.2) is 9.78 Å². The van der Waals surface area contributed by atoms with E-state index >= 15 is 0 Å². The number of aromatic nitrogens is 2. The molecule has 5 heteroatoms. The van der Waals surface area contributed by atoms with Gasteiger partial charge in [-0.3, -0.25) is 4.98 Å². The van der Waals surface area contributed by atoms with E-state index in [1.165, 1.54) is 11.3 Å². The lowest BCUT2D eigenvalue weighted by Gasteiger charge is -1.97. The van der Waals surface area contributed by atoms with Crippen LogP contribution < -0.4 is 0 Å². The molecule has 0 saturated carbocycles. The summed E-state index contributed by atoms with van der Waals surface area (Å²) in [6.07, 6.45) is 3.41. The van der Waals surface area contributed by atoms with Crippen molar-refractivity contribution >= 4 is 17.3 Å². The first-order chi connectivity index (χ1) is 8.22. The Morgan fingerprint density at radius 2 is 2.12 bits per heavy atom. The maximum atomic E-state index is 11.6. The highest BCUT2D eigenvalue weighted by atomic mass is 32.1. The van der Waals surface area contributed by atoms with Gasteiger partial charge in [-0.2, -0.15) is 0 Å². The molecule has 0 spiro atoms. The van der Waals surface area contributed by atoms with Crippen molar-refractivity contribution in [3.63, 3.8) is 0 Å². The zero-order chi connectivity index (χ0) is 12.3. The lowest BCUT2D eigenvalue weighted by Crippen LogP contribution is -2.03. The van der Waals surface area contributed by atoms with Gasteiger partial charge < -0.3 is 4.74 Å². The molecule has 0 atom stereocenters. The molecule has 0 radical (unpaired) electrons. The molecular formula is C12H12N2O2S. The van der Waals surface area contributed by atoms with Crippen LogP contribution in [0.25, 0.3) is 11.3 Å². The average molecular weight is 248 g/mol. The number of thiazole rings is 1. The maximum Gasteiger partial charge on any atom is 0.367 e. The molecule has 0 unspecified atom stereocenters. The first kappa shape index (κ1) is 11.7. The van der Waals surface area contributed by atoms with Gasteiger partial charge in [0.15, 0.2) is 0 Å². The quantitative estimate of drug-likeness (QED) is 0.784. The Balaban J connectivity index is 2.35. The predicted octanol–water partition coefficient (Wildman–Crippen LogP) is 2.69. The number of rotatable bonds is 3. The van der Waals surface area contributed by atoms with Crippen molar-refractivity contribution in [1.29, 1.82) is 0 Å². The summed E-state index contributed by atoms with van der Waals surface area (Å²) in [6.45, 7) is 4.08. The van der Waals surface area contributed by atoms with Crippen LogP contribution in [0.15, 0.2) is 24.5 Å². The molecular weight excluding hydrogens is 236 g/mol. The van der Waals surface area contributed by atoms with E-state index in [-0.39, 0.29) is 5.97 Å². The summed E-state index contributed by atoms with van der Waals surface area (Å²) in [5.41, 5.74) is 1.78. The van der Waals surface area contributed by atoms with Crippen molar-refractivity contribution in [2.24, 2.45) is 0 Å². The number of aryl methyl sites for hydroxylation is 1. The molecule has 2 aromatic heterocycles. The molecule has 0 aliphatic heterocycles. The topological polar surface area (TPSA) is 52.1 Å². The fourth-order valence-electron chi connectivity index (χ4n) is 1.45. The van der Waals surface area contributed by atoms with Crippen LogP contribution in [0.2, 0.25) is 0 Å². The van der Waals surface area contributed by atoms with Crippen molar-refractivity contribution < 1.29 is 9.53 Å². The Morgan fingerprint density at radius 1 is 1.41 bits per heavy atom. The van der Waals surface area contributed by atoms with Gasteiger partial charge in [0.1, 0.15) is 0 Å². The third-order valence-electron chi connectivity index (χ3n) is 2.20. The minimum absolute atomic E-state index is 0.360.